The van der Waals surface area contributed by atoms with E-state index < -0.39 is 5.97 Å². The molecule has 4 rings (SSSR count). The predicted octanol–water partition coefficient (Wildman–Crippen LogP) is 6.29. The average Bonchev–Trinajstić information content (AvgIpc) is 2.80. The van der Waals surface area contributed by atoms with Crippen LogP contribution in [0.2, 0.25) is 5.02 Å². The summed E-state index contributed by atoms with van der Waals surface area (Å²) in [5.41, 5.74) is 4.66. The number of esters is 1. The van der Waals surface area contributed by atoms with Crippen LogP contribution in [0.25, 0.3) is 22.2 Å². The molecule has 0 aliphatic heterocycles. The number of nitrogens with zero attached hydrogens (tertiary/aromatic N) is 1. The third kappa shape index (κ3) is 4.34. The van der Waals surface area contributed by atoms with Crippen molar-refractivity contribution in [3.63, 3.8) is 0 Å². The van der Waals surface area contributed by atoms with E-state index in [-0.39, 0.29) is 5.91 Å². The highest BCUT2D eigenvalue weighted by molar-refractivity contribution is 6.30. The van der Waals surface area contributed by atoms with Gasteiger partial charge in [0.1, 0.15) is 0 Å². The smallest absolute Gasteiger partial charge is 0.338 e. The number of halogens is 1. The minimum absolute atomic E-state index is 0.250. The fraction of sp³-hybridized carbons (Fsp3) is 0.115. The highest BCUT2D eigenvalue weighted by Crippen LogP contribution is 2.31. The number of carbonyl (C=O) groups excluding carboxylic acids is 2. The van der Waals surface area contributed by atoms with E-state index in [4.69, 9.17) is 21.3 Å². The lowest BCUT2D eigenvalue weighted by Gasteiger charge is -2.15. The molecule has 3 aromatic carbocycles. The Morgan fingerprint density at radius 2 is 1.66 bits per heavy atom. The predicted molar refractivity (Wildman–Crippen MR) is 127 cm³/mol. The number of carbonyl (C=O) groups is 2. The quantitative estimate of drug-likeness (QED) is 0.367. The molecule has 0 fully saturated rings. The number of amides is 1. The van der Waals surface area contributed by atoms with E-state index >= 15 is 0 Å². The maximum atomic E-state index is 13.4. The number of ether oxygens (including phenoxy) is 1. The summed E-state index contributed by atoms with van der Waals surface area (Å²) in [6.07, 6.45) is 0. The van der Waals surface area contributed by atoms with Crippen LogP contribution in [0, 0.1) is 6.92 Å². The van der Waals surface area contributed by atoms with E-state index in [2.05, 4.69) is 5.32 Å². The number of fused-ring (bicyclic) bond motifs is 1. The van der Waals surface area contributed by atoms with E-state index in [1.807, 2.05) is 43.3 Å². The maximum Gasteiger partial charge on any atom is 0.338 e. The Labute approximate surface area is 191 Å². The van der Waals surface area contributed by atoms with E-state index in [1.54, 1.807) is 43.3 Å². The molecular formula is C26H21ClN2O3. The van der Waals surface area contributed by atoms with Gasteiger partial charge >= 0.3 is 5.97 Å². The Morgan fingerprint density at radius 1 is 0.969 bits per heavy atom. The van der Waals surface area contributed by atoms with Gasteiger partial charge in [-0.3, -0.25) is 4.79 Å². The summed E-state index contributed by atoms with van der Waals surface area (Å²) in [5.74, 6) is -0.644. The van der Waals surface area contributed by atoms with Crippen LogP contribution in [0.1, 0.15) is 33.2 Å². The van der Waals surface area contributed by atoms with Gasteiger partial charge in [-0.15, -0.1) is 0 Å². The number of hydrogen-bond acceptors (Lipinski definition) is 4. The van der Waals surface area contributed by atoms with Crippen molar-refractivity contribution in [2.24, 2.45) is 0 Å². The number of anilines is 1. The molecular weight excluding hydrogens is 424 g/mol. The molecule has 0 atom stereocenters. The Morgan fingerprint density at radius 3 is 2.34 bits per heavy atom. The molecule has 1 amide bonds. The minimum atomic E-state index is -0.394. The molecule has 160 valence electrons. The summed E-state index contributed by atoms with van der Waals surface area (Å²) in [6, 6.07) is 21.6. The van der Waals surface area contributed by atoms with Gasteiger partial charge in [-0.1, -0.05) is 41.9 Å². The van der Waals surface area contributed by atoms with Crippen molar-refractivity contribution in [3.8, 4) is 11.3 Å². The van der Waals surface area contributed by atoms with Crippen molar-refractivity contribution < 1.29 is 14.3 Å². The summed E-state index contributed by atoms with van der Waals surface area (Å²) in [4.78, 5) is 30.0. The molecule has 0 aliphatic rings. The number of rotatable bonds is 5. The largest absolute Gasteiger partial charge is 0.462 e. The summed E-state index contributed by atoms with van der Waals surface area (Å²) >= 11 is 6.04. The highest BCUT2D eigenvalue weighted by atomic mass is 35.5. The average molecular weight is 445 g/mol. The number of benzene rings is 3. The maximum absolute atomic E-state index is 13.4. The van der Waals surface area contributed by atoms with Gasteiger partial charge in [0.05, 0.1) is 28.9 Å². The first-order valence-corrected chi connectivity index (χ1v) is 10.6. The molecule has 0 spiro atoms. The van der Waals surface area contributed by atoms with Gasteiger partial charge in [-0.05, 0) is 61.9 Å². The van der Waals surface area contributed by atoms with Crippen LogP contribution >= 0.6 is 11.6 Å². The van der Waals surface area contributed by atoms with Crippen LogP contribution < -0.4 is 5.32 Å². The molecule has 4 aromatic rings. The standard InChI is InChI=1S/C26H21ClN2O3/c1-3-32-26(31)18-10-14-20(15-11-18)28-25(30)23-16(2)24(17-8-12-19(27)13-9-17)29-22-7-5-4-6-21(22)23/h4-15H,3H2,1-2H3,(H,28,30). The Hall–Kier alpha value is -3.70. The van der Waals surface area contributed by atoms with Crippen molar-refractivity contribution >= 4 is 40.1 Å². The third-order valence-corrected chi connectivity index (χ3v) is 5.39. The molecule has 0 bridgehead atoms. The topological polar surface area (TPSA) is 68.3 Å². The number of nitrogens with one attached hydrogen (secondary N) is 1. The molecule has 0 radical (unpaired) electrons. The van der Waals surface area contributed by atoms with E-state index in [0.717, 1.165) is 27.7 Å². The molecule has 6 heteroatoms. The number of hydrogen-bond donors (Lipinski definition) is 1. The van der Waals surface area contributed by atoms with Crippen LogP contribution in [-0.2, 0) is 4.74 Å². The van der Waals surface area contributed by atoms with Crippen molar-refractivity contribution in [3.05, 3.63) is 94.5 Å². The Balaban J connectivity index is 1.73. The molecule has 0 saturated carbocycles. The van der Waals surface area contributed by atoms with Gasteiger partial charge < -0.3 is 10.1 Å². The zero-order valence-corrected chi connectivity index (χ0v) is 18.4. The zero-order chi connectivity index (χ0) is 22.7. The van der Waals surface area contributed by atoms with Gasteiger partial charge in [0, 0.05) is 21.7 Å². The summed E-state index contributed by atoms with van der Waals surface area (Å²) < 4.78 is 5.00. The van der Waals surface area contributed by atoms with Gasteiger partial charge in [-0.25, -0.2) is 9.78 Å². The van der Waals surface area contributed by atoms with E-state index in [9.17, 15) is 9.59 Å². The van der Waals surface area contributed by atoms with Gasteiger partial charge in [0.2, 0.25) is 0 Å². The van der Waals surface area contributed by atoms with Crippen molar-refractivity contribution in [2.45, 2.75) is 13.8 Å². The van der Waals surface area contributed by atoms with Crippen molar-refractivity contribution in [2.75, 3.05) is 11.9 Å². The second-order valence-corrected chi connectivity index (χ2v) is 7.67. The molecule has 0 saturated heterocycles. The first-order chi connectivity index (χ1) is 15.5. The van der Waals surface area contributed by atoms with Crippen LogP contribution in [-0.4, -0.2) is 23.5 Å². The van der Waals surface area contributed by atoms with Crippen LogP contribution in [0.5, 0.6) is 0 Å². The van der Waals surface area contributed by atoms with Crippen LogP contribution in [0.15, 0.2) is 72.8 Å². The monoisotopic (exact) mass is 444 g/mol. The lowest BCUT2D eigenvalue weighted by Crippen LogP contribution is -2.15. The second-order valence-electron chi connectivity index (χ2n) is 7.24. The first-order valence-electron chi connectivity index (χ1n) is 10.2. The molecule has 5 nitrogen and oxygen atoms in total. The number of pyridine rings is 1. The second kappa shape index (κ2) is 9.20. The Bertz CT molecular complexity index is 1300. The van der Waals surface area contributed by atoms with Gasteiger partial charge in [0.15, 0.2) is 0 Å². The van der Waals surface area contributed by atoms with Gasteiger partial charge in [0.25, 0.3) is 5.91 Å². The highest BCUT2D eigenvalue weighted by Gasteiger charge is 2.19. The molecule has 1 heterocycles. The summed E-state index contributed by atoms with van der Waals surface area (Å²) in [5, 5.41) is 4.34. The van der Waals surface area contributed by atoms with Crippen molar-refractivity contribution in [1.29, 1.82) is 0 Å². The SMILES string of the molecule is CCOC(=O)c1ccc(NC(=O)c2c(C)c(-c3ccc(Cl)cc3)nc3ccccc23)cc1. The van der Waals surface area contributed by atoms with Crippen LogP contribution in [0.3, 0.4) is 0 Å². The zero-order valence-electron chi connectivity index (χ0n) is 17.7. The molecule has 0 aliphatic carbocycles. The number of para-hydroxylation sites is 1. The van der Waals surface area contributed by atoms with Crippen LogP contribution in [0.4, 0.5) is 5.69 Å². The molecule has 0 unspecified atom stereocenters. The molecule has 32 heavy (non-hydrogen) atoms. The summed E-state index contributed by atoms with van der Waals surface area (Å²) in [7, 11) is 0. The lowest BCUT2D eigenvalue weighted by atomic mass is 9.97. The van der Waals surface area contributed by atoms with Gasteiger partial charge in [-0.2, -0.15) is 0 Å². The number of aromatic nitrogens is 1. The van der Waals surface area contributed by atoms with E-state index in [1.165, 1.54) is 0 Å². The Kier molecular flexibility index (Phi) is 6.19. The van der Waals surface area contributed by atoms with E-state index in [0.29, 0.717) is 28.4 Å². The first kappa shape index (κ1) is 21.5. The fourth-order valence-electron chi connectivity index (χ4n) is 3.59. The lowest BCUT2D eigenvalue weighted by molar-refractivity contribution is 0.0526. The molecule has 1 N–H and O–H groups in total. The fourth-order valence-corrected chi connectivity index (χ4v) is 3.71. The molecule has 1 aromatic heterocycles. The normalized spacial score (nSPS) is 10.7. The third-order valence-electron chi connectivity index (χ3n) is 5.13. The minimum Gasteiger partial charge on any atom is -0.462 e. The van der Waals surface area contributed by atoms with Crippen molar-refractivity contribution in [1.82, 2.24) is 4.98 Å². The summed E-state index contributed by atoms with van der Waals surface area (Å²) in [6.45, 7) is 3.95.